The molecular weight excluding hydrogens is 460 g/mol. The Kier molecular flexibility index (Phi) is 6.75. The molecule has 35 heavy (non-hydrogen) atoms. The molecule has 0 saturated heterocycles. The molecule has 3 aromatic rings. The summed E-state index contributed by atoms with van der Waals surface area (Å²) in [5.74, 6) is -1.85. The number of nitrogens with zero attached hydrogens (tertiary/aromatic N) is 2. The number of nitrogens with one attached hydrogen (secondary N) is 4. The summed E-state index contributed by atoms with van der Waals surface area (Å²) in [5, 5.41) is 22.6. The topological polar surface area (TPSA) is 119 Å². The second-order valence-corrected chi connectivity index (χ2v) is 8.95. The molecule has 8 nitrogen and oxygen atoms in total. The highest BCUT2D eigenvalue weighted by atomic mass is 32.2. The summed E-state index contributed by atoms with van der Waals surface area (Å²) in [5.41, 5.74) is 3.80. The molecular formula is C26H24N6O2S. The van der Waals surface area contributed by atoms with Crippen LogP contribution in [0.5, 0.6) is 0 Å². The lowest BCUT2D eigenvalue weighted by Gasteiger charge is -2.39. The number of hydrogen-bond acceptors (Lipinski definition) is 7. The number of anilines is 2. The van der Waals surface area contributed by atoms with Crippen LogP contribution in [-0.4, -0.2) is 28.8 Å². The molecule has 1 atom stereocenters. The molecule has 1 unspecified atom stereocenters. The Morgan fingerprint density at radius 3 is 2.57 bits per heavy atom. The summed E-state index contributed by atoms with van der Waals surface area (Å²) in [7, 11) is 0. The van der Waals surface area contributed by atoms with E-state index in [1.807, 2.05) is 43.5 Å². The molecule has 9 heteroatoms. The quantitative estimate of drug-likeness (QED) is 0.389. The first kappa shape index (κ1) is 23.9. The van der Waals surface area contributed by atoms with Crippen molar-refractivity contribution < 1.29 is 9.59 Å². The third-order valence-electron chi connectivity index (χ3n) is 5.39. The number of aryl methyl sites for hydroxylation is 1. The Balaban J connectivity index is 1.63. The van der Waals surface area contributed by atoms with Gasteiger partial charge < -0.3 is 21.3 Å². The highest BCUT2D eigenvalue weighted by molar-refractivity contribution is 7.98. The van der Waals surface area contributed by atoms with Crippen LogP contribution in [0.25, 0.3) is 5.70 Å². The smallest absolute Gasteiger partial charge is 0.267 e. The summed E-state index contributed by atoms with van der Waals surface area (Å²) in [6.07, 6.45) is 3.50. The van der Waals surface area contributed by atoms with Crippen LogP contribution >= 0.6 is 11.8 Å². The van der Waals surface area contributed by atoms with E-state index in [1.54, 1.807) is 49.5 Å². The van der Waals surface area contributed by atoms with Crippen molar-refractivity contribution in [2.24, 2.45) is 0 Å². The lowest BCUT2D eigenvalue weighted by Crippen LogP contribution is -2.64. The van der Waals surface area contributed by atoms with Crippen molar-refractivity contribution in [3.63, 3.8) is 0 Å². The van der Waals surface area contributed by atoms with Crippen molar-refractivity contribution >= 4 is 40.6 Å². The van der Waals surface area contributed by atoms with Crippen molar-refractivity contribution in [2.45, 2.75) is 24.7 Å². The fourth-order valence-electron chi connectivity index (χ4n) is 3.74. The maximum Gasteiger partial charge on any atom is 0.267 e. The predicted octanol–water partition coefficient (Wildman–Crippen LogP) is 4.10. The van der Waals surface area contributed by atoms with Gasteiger partial charge in [0.05, 0.1) is 11.3 Å². The van der Waals surface area contributed by atoms with Gasteiger partial charge in [0.25, 0.3) is 11.8 Å². The van der Waals surface area contributed by atoms with E-state index >= 15 is 0 Å². The zero-order valence-corrected chi connectivity index (χ0v) is 20.3. The molecule has 0 radical (unpaired) electrons. The molecule has 2 amide bonds. The highest BCUT2D eigenvalue weighted by Gasteiger charge is 2.35. The van der Waals surface area contributed by atoms with Crippen LogP contribution < -0.4 is 21.3 Å². The third kappa shape index (κ3) is 5.28. The van der Waals surface area contributed by atoms with Gasteiger partial charge in [-0.3, -0.25) is 9.59 Å². The fourth-order valence-corrected chi connectivity index (χ4v) is 4.28. The summed E-state index contributed by atoms with van der Waals surface area (Å²) < 4.78 is 0. The number of carbonyl (C=O) groups is 2. The number of hydrogen-bond donors (Lipinski definition) is 4. The van der Waals surface area contributed by atoms with Crippen molar-refractivity contribution in [1.82, 2.24) is 15.6 Å². The second kappa shape index (κ2) is 9.91. The molecule has 2 aromatic carbocycles. The molecule has 176 valence electrons. The first-order chi connectivity index (χ1) is 16.8. The summed E-state index contributed by atoms with van der Waals surface area (Å²) in [6, 6.07) is 20.2. The predicted molar refractivity (Wildman–Crippen MR) is 137 cm³/mol. The van der Waals surface area contributed by atoms with Gasteiger partial charge in [-0.25, -0.2) is 4.98 Å². The van der Waals surface area contributed by atoms with E-state index in [1.165, 1.54) is 11.8 Å². The number of rotatable bonds is 6. The Hall–Kier alpha value is -4.29. The summed E-state index contributed by atoms with van der Waals surface area (Å²) >= 11 is 1.39. The molecule has 0 aliphatic carbocycles. The molecule has 2 heterocycles. The third-order valence-corrected chi connectivity index (χ3v) is 6.10. The maximum atomic E-state index is 12.9. The molecule has 0 spiro atoms. The van der Waals surface area contributed by atoms with E-state index in [9.17, 15) is 14.9 Å². The molecule has 4 rings (SSSR count). The van der Waals surface area contributed by atoms with E-state index in [0.29, 0.717) is 27.5 Å². The largest absolute Gasteiger partial charge is 0.346 e. The Bertz CT molecular complexity index is 1360. The van der Waals surface area contributed by atoms with E-state index in [-0.39, 0.29) is 11.5 Å². The zero-order valence-electron chi connectivity index (χ0n) is 19.5. The number of amides is 2. The van der Waals surface area contributed by atoms with Gasteiger partial charge in [-0.15, -0.1) is 11.8 Å². The number of nitriles is 1. The number of pyridine rings is 1. The van der Waals surface area contributed by atoms with E-state index in [0.717, 1.165) is 11.3 Å². The molecule has 0 saturated carbocycles. The molecule has 1 aliphatic rings. The Morgan fingerprint density at radius 2 is 1.86 bits per heavy atom. The van der Waals surface area contributed by atoms with Gasteiger partial charge in [0.15, 0.2) is 5.79 Å². The summed E-state index contributed by atoms with van der Waals surface area (Å²) in [4.78, 5) is 29.9. The van der Waals surface area contributed by atoms with E-state index in [4.69, 9.17) is 0 Å². The van der Waals surface area contributed by atoms with Crippen LogP contribution in [0.15, 0.2) is 77.5 Å². The van der Waals surface area contributed by atoms with Gasteiger partial charge in [-0.2, -0.15) is 5.26 Å². The standard InChI is InChI=1S/C26H24N6O2S/c1-16-9-11-18(12-10-16)30-26(2)31-22(21(15-27)24(34)32-26)17-6-4-7-19(14-17)29-23(33)20-8-5-13-28-25(20)35-3/h4-14,30-31H,1-3H3,(H,29,33)(H,32,34). The van der Waals surface area contributed by atoms with Gasteiger partial charge in [-0.1, -0.05) is 29.8 Å². The molecule has 4 N–H and O–H groups in total. The van der Waals surface area contributed by atoms with Crippen LogP contribution in [0.1, 0.15) is 28.4 Å². The van der Waals surface area contributed by atoms with Crippen LogP contribution in [0.3, 0.4) is 0 Å². The minimum absolute atomic E-state index is 0.0476. The zero-order chi connectivity index (χ0) is 25.0. The second-order valence-electron chi connectivity index (χ2n) is 8.15. The Labute approximate surface area is 207 Å². The number of benzene rings is 2. The number of thioether (sulfide) groups is 1. The first-order valence-electron chi connectivity index (χ1n) is 10.8. The van der Waals surface area contributed by atoms with Gasteiger partial charge in [0, 0.05) is 23.1 Å². The lowest BCUT2D eigenvalue weighted by atomic mass is 10.0. The van der Waals surface area contributed by atoms with Crippen LogP contribution in [-0.2, 0) is 4.79 Å². The average molecular weight is 485 g/mol. The van der Waals surface area contributed by atoms with Gasteiger partial charge >= 0.3 is 0 Å². The van der Waals surface area contributed by atoms with Gasteiger partial charge in [0.1, 0.15) is 16.7 Å². The molecule has 1 aromatic heterocycles. The first-order valence-corrected chi connectivity index (χ1v) is 12.0. The van der Waals surface area contributed by atoms with Crippen molar-refractivity contribution in [2.75, 3.05) is 16.9 Å². The SMILES string of the molecule is CSc1ncccc1C(=O)Nc1cccc(C2=C(C#N)C(=O)NC(C)(Nc3ccc(C)cc3)N2)c1. The van der Waals surface area contributed by atoms with Gasteiger partial charge in [0.2, 0.25) is 0 Å². The highest BCUT2D eigenvalue weighted by Crippen LogP contribution is 2.27. The fraction of sp³-hybridized carbons (Fsp3) is 0.154. The average Bonchev–Trinajstić information content (AvgIpc) is 2.85. The van der Waals surface area contributed by atoms with Crippen LogP contribution in [0.4, 0.5) is 11.4 Å². The maximum absolute atomic E-state index is 12.9. The van der Waals surface area contributed by atoms with E-state index < -0.39 is 11.7 Å². The van der Waals surface area contributed by atoms with Crippen LogP contribution in [0.2, 0.25) is 0 Å². The number of aromatic nitrogens is 1. The number of carbonyl (C=O) groups excluding carboxylic acids is 2. The van der Waals surface area contributed by atoms with Crippen molar-refractivity contribution in [1.29, 1.82) is 5.26 Å². The monoisotopic (exact) mass is 484 g/mol. The van der Waals surface area contributed by atoms with E-state index in [2.05, 4.69) is 26.3 Å². The Morgan fingerprint density at radius 1 is 1.09 bits per heavy atom. The normalized spacial score (nSPS) is 17.1. The molecule has 1 aliphatic heterocycles. The van der Waals surface area contributed by atoms with Crippen LogP contribution in [0, 0.1) is 18.3 Å². The minimum atomic E-state index is -1.05. The minimum Gasteiger partial charge on any atom is -0.346 e. The molecule has 0 bridgehead atoms. The summed E-state index contributed by atoms with van der Waals surface area (Å²) in [6.45, 7) is 3.77. The van der Waals surface area contributed by atoms with Crippen molar-refractivity contribution in [3.05, 3.63) is 89.1 Å². The molecule has 0 fully saturated rings. The van der Waals surface area contributed by atoms with Crippen molar-refractivity contribution in [3.8, 4) is 6.07 Å². The van der Waals surface area contributed by atoms with Gasteiger partial charge in [-0.05, 0) is 56.5 Å². The lowest BCUT2D eigenvalue weighted by molar-refractivity contribution is -0.119.